The summed E-state index contributed by atoms with van der Waals surface area (Å²) in [6.07, 6.45) is 6.32. The van der Waals surface area contributed by atoms with E-state index in [2.05, 4.69) is 32.2 Å². The number of carboxylic acids is 1. The summed E-state index contributed by atoms with van der Waals surface area (Å²) >= 11 is 2.10. The van der Waals surface area contributed by atoms with Gasteiger partial charge in [0.25, 0.3) is 0 Å². The first-order chi connectivity index (χ1) is 6.68. The van der Waals surface area contributed by atoms with Crippen molar-refractivity contribution in [1.82, 2.24) is 0 Å². The first-order valence-electron chi connectivity index (χ1n) is 5.12. The maximum absolute atomic E-state index is 9.25. The third-order valence-corrected chi connectivity index (χ3v) is 2.61. The van der Waals surface area contributed by atoms with E-state index < -0.39 is 5.97 Å². The Bertz CT molecular complexity index is 129. The highest BCUT2D eigenvalue weighted by Gasteiger charge is 1.85. The summed E-state index contributed by atoms with van der Waals surface area (Å²) < 4.78 is 0. The van der Waals surface area contributed by atoms with E-state index in [0.717, 1.165) is 6.08 Å². The van der Waals surface area contributed by atoms with Gasteiger partial charge in [-0.3, -0.25) is 0 Å². The van der Waals surface area contributed by atoms with Crippen LogP contribution in [0.4, 0.5) is 0 Å². The molecule has 0 aliphatic heterocycles. The first-order valence-corrected chi connectivity index (χ1v) is 6.27. The van der Waals surface area contributed by atoms with Crippen LogP contribution < -0.4 is 0 Å². The molecule has 0 aromatic carbocycles. The number of hydrogen-bond acceptors (Lipinski definition) is 2. The maximum Gasteiger partial charge on any atom is 0.327 e. The van der Waals surface area contributed by atoms with E-state index in [1.165, 1.54) is 37.2 Å². The lowest BCUT2D eigenvalue weighted by atomic mass is 10.4. The van der Waals surface area contributed by atoms with Crippen molar-refractivity contribution in [2.24, 2.45) is 0 Å². The second kappa shape index (κ2) is 15.1. The normalized spacial score (nSPS) is 8.71. The molecule has 0 aliphatic carbocycles. The summed E-state index contributed by atoms with van der Waals surface area (Å²) in [5, 5.41) is 7.60. The van der Waals surface area contributed by atoms with Crippen LogP contribution in [0.1, 0.15) is 39.5 Å². The summed E-state index contributed by atoms with van der Waals surface area (Å²) in [5.74, 6) is 1.76. The van der Waals surface area contributed by atoms with Crippen molar-refractivity contribution >= 4 is 17.7 Å². The summed E-state index contributed by atoms with van der Waals surface area (Å²) in [4.78, 5) is 9.25. The molecule has 0 aromatic rings. The zero-order valence-electron chi connectivity index (χ0n) is 9.29. The third-order valence-electron chi connectivity index (χ3n) is 1.46. The first kappa shape index (κ1) is 16.0. The van der Waals surface area contributed by atoms with Crippen LogP contribution in [0.15, 0.2) is 12.7 Å². The van der Waals surface area contributed by atoms with Gasteiger partial charge in [0, 0.05) is 6.08 Å². The maximum atomic E-state index is 9.25. The molecule has 0 aromatic heterocycles. The minimum Gasteiger partial charge on any atom is -0.478 e. The van der Waals surface area contributed by atoms with E-state index in [1.807, 2.05) is 0 Å². The Morgan fingerprint density at radius 3 is 1.86 bits per heavy atom. The second-order valence-electron chi connectivity index (χ2n) is 2.86. The molecule has 1 N–H and O–H groups in total. The number of aliphatic carboxylic acids is 1. The van der Waals surface area contributed by atoms with Crippen LogP contribution in [0.25, 0.3) is 0 Å². The topological polar surface area (TPSA) is 37.3 Å². The molecule has 0 atom stereocenters. The third kappa shape index (κ3) is 22.6. The second-order valence-corrected chi connectivity index (χ2v) is 4.09. The predicted octanol–water partition coefficient (Wildman–Crippen LogP) is 3.58. The minimum atomic E-state index is -0.981. The Morgan fingerprint density at radius 2 is 1.64 bits per heavy atom. The van der Waals surface area contributed by atoms with E-state index in [0.29, 0.717) is 0 Å². The average Bonchev–Trinajstić information content (AvgIpc) is 2.19. The molecule has 0 spiro atoms. The van der Waals surface area contributed by atoms with Crippen molar-refractivity contribution in [2.45, 2.75) is 39.5 Å². The number of thioether (sulfide) groups is 1. The van der Waals surface area contributed by atoms with Crippen molar-refractivity contribution in [3.05, 3.63) is 12.7 Å². The molecule has 0 fully saturated rings. The Morgan fingerprint density at radius 1 is 1.29 bits per heavy atom. The van der Waals surface area contributed by atoms with Gasteiger partial charge in [-0.05, 0) is 24.3 Å². The average molecular weight is 218 g/mol. The molecule has 84 valence electrons. The molecule has 0 radical (unpaired) electrons. The van der Waals surface area contributed by atoms with Gasteiger partial charge in [-0.25, -0.2) is 4.79 Å². The molecule has 0 heterocycles. The van der Waals surface area contributed by atoms with Gasteiger partial charge in [-0.1, -0.05) is 33.3 Å². The lowest BCUT2D eigenvalue weighted by molar-refractivity contribution is -0.131. The van der Waals surface area contributed by atoms with Crippen LogP contribution in [-0.4, -0.2) is 22.6 Å². The summed E-state index contributed by atoms with van der Waals surface area (Å²) in [5.41, 5.74) is 0. The van der Waals surface area contributed by atoms with Crippen LogP contribution in [0.3, 0.4) is 0 Å². The number of unbranched alkanes of at least 4 members (excludes halogenated alkanes) is 2. The molecule has 0 saturated carbocycles. The van der Waals surface area contributed by atoms with E-state index in [4.69, 9.17) is 5.11 Å². The molecule has 0 bridgehead atoms. The molecule has 0 saturated heterocycles. The molecule has 0 amide bonds. The van der Waals surface area contributed by atoms with Crippen LogP contribution in [0.2, 0.25) is 0 Å². The van der Waals surface area contributed by atoms with Gasteiger partial charge in [0.2, 0.25) is 0 Å². The monoisotopic (exact) mass is 218 g/mol. The van der Waals surface area contributed by atoms with Crippen molar-refractivity contribution in [3.63, 3.8) is 0 Å². The fourth-order valence-electron chi connectivity index (χ4n) is 0.595. The van der Waals surface area contributed by atoms with E-state index >= 15 is 0 Å². The van der Waals surface area contributed by atoms with Crippen LogP contribution in [-0.2, 0) is 4.79 Å². The van der Waals surface area contributed by atoms with Gasteiger partial charge in [0.1, 0.15) is 0 Å². The van der Waals surface area contributed by atoms with Gasteiger partial charge >= 0.3 is 5.97 Å². The predicted molar refractivity (Wildman–Crippen MR) is 65.0 cm³/mol. The quantitative estimate of drug-likeness (QED) is 0.524. The number of carbonyl (C=O) groups is 1. The Labute approximate surface area is 91.8 Å². The Kier molecular flexibility index (Phi) is 17.2. The van der Waals surface area contributed by atoms with E-state index in [-0.39, 0.29) is 0 Å². The molecule has 2 nitrogen and oxygen atoms in total. The zero-order chi connectivity index (χ0) is 11.2. The van der Waals surface area contributed by atoms with Crippen molar-refractivity contribution in [1.29, 1.82) is 0 Å². The number of carboxylic acid groups (broad SMARTS) is 1. The summed E-state index contributed by atoms with van der Waals surface area (Å²) in [6, 6.07) is 0. The fraction of sp³-hybridized carbons (Fsp3) is 0.727. The highest BCUT2D eigenvalue weighted by atomic mass is 32.2. The zero-order valence-corrected chi connectivity index (χ0v) is 10.1. The SMILES string of the molecule is C=CC(=O)O.CCCCSCCCC. The largest absolute Gasteiger partial charge is 0.478 e. The Hall–Kier alpha value is -0.440. The molecule has 14 heavy (non-hydrogen) atoms. The number of hydrogen-bond donors (Lipinski definition) is 1. The van der Waals surface area contributed by atoms with Gasteiger partial charge in [0.15, 0.2) is 0 Å². The van der Waals surface area contributed by atoms with Crippen molar-refractivity contribution in [2.75, 3.05) is 11.5 Å². The van der Waals surface area contributed by atoms with Crippen molar-refractivity contribution in [3.8, 4) is 0 Å². The lowest BCUT2D eigenvalue weighted by Crippen LogP contribution is -1.82. The summed E-state index contributed by atoms with van der Waals surface area (Å²) in [7, 11) is 0. The molecule has 0 unspecified atom stereocenters. The van der Waals surface area contributed by atoms with Gasteiger partial charge < -0.3 is 5.11 Å². The van der Waals surface area contributed by atoms with Crippen molar-refractivity contribution < 1.29 is 9.90 Å². The van der Waals surface area contributed by atoms with E-state index in [1.54, 1.807) is 0 Å². The van der Waals surface area contributed by atoms with Crippen LogP contribution in [0.5, 0.6) is 0 Å². The molecule has 0 aliphatic rings. The van der Waals surface area contributed by atoms with Crippen LogP contribution >= 0.6 is 11.8 Å². The highest BCUT2D eigenvalue weighted by molar-refractivity contribution is 7.99. The standard InChI is InChI=1S/C8H18S.C3H4O2/c1-3-5-7-9-8-6-4-2;1-2-3(4)5/h3-8H2,1-2H3;2H,1H2,(H,4,5). The van der Waals surface area contributed by atoms with Gasteiger partial charge in [-0.2, -0.15) is 11.8 Å². The molecular formula is C11H22O2S. The molecule has 3 heteroatoms. The van der Waals surface area contributed by atoms with Gasteiger partial charge in [0.05, 0.1) is 0 Å². The molecule has 0 rings (SSSR count). The Balaban J connectivity index is 0. The van der Waals surface area contributed by atoms with Gasteiger partial charge in [-0.15, -0.1) is 0 Å². The fourth-order valence-corrected chi connectivity index (χ4v) is 1.78. The minimum absolute atomic E-state index is 0.833. The highest BCUT2D eigenvalue weighted by Crippen LogP contribution is 2.06. The summed E-state index contributed by atoms with van der Waals surface area (Å²) in [6.45, 7) is 7.46. The van der Waals surface area contributed by atoms with Crippen LogP contribution in [0, 0.1) is 0 Å². The smallest absolute Gasteiger partial charge is 0.327 e. The van der Waals surface area contributed by atoms with E-state index in [9.17, 15) is 4.79 Å². The lowest BCUT2D eigenvalue weighted by Gasteiger charge is -1.96. The molecular weight excluding hydrogens is 196 g/mol. The number of rotatable bonds is 7.